The molecule has 0 atom stereocenters. The lowest BCUT2D eigenvalue weighted by atomic mass is 9.82. The molecule has 0 unspecified atom stereocenters. The van der Waals surface area contributed by atoms with Gasteiger partial charge in [-0.1, -0.05) is 19.3 Å². The van der Waals surface area contributed by atoms with E-state index in [4.69, 9.17) is 4.74 Å². The number of carbonyl (C=O) groups is 3. The van der Waals surface area contributed by atoms with Gasteiger partial charge < -0.3 is 15.4 Å². The Kier molecular flexibility index (Phi) is 4.28. The Morgan fingerprint density at radius 1 is 1.17 bits per heavy atom. The lowest BCUT2D eigenvalue weighted by Gasteiger charge is -2.30. The van der Waals surface area contributed by atoms with E-state index in [0.29, 0.717) is 24.3 Å². The number of carbonyl (C=O) groups excluding carboxylic acids is 3. The van der Waals surface area contributed by atoms with E-state index >= 15 is 0 Å². The summed E-state index contributed by atoms with van der Waals surface area (Å²) in [5.74, 6) is 0.270. The molecule has 8 heteroatoms. The Morgan fingerprint density at radius 2 is 1.83 bits per heavy atom. The summed E-state index contributed by atoms with van der Waals surface area (Å²) in [6, 6.07) is 5.46. The fourth-order valence-electron chi connectivity index (χ4n) is 3.15. The van der Waals surface area contributed by atoms with E-state index in [9.17, 15) is 14.4 Å². The first kappa shape index (κ1) is 16.1. The minimum Gasteiger partial charge on any atom is -0.497 e. The monoisotopic (exact) mass is 332 g/mol. The Bertz CT molecular complexity index is 653. The second kappa shape index (κ2) is 6.38. The number of ether oxygens (including phenoxy) is 1. The van der Waals surface area contributed by atoms with Crippen LogP contribution in [0.25, 0.3) is 0 Å². The second-order valence-corrected chi connectivity index (χ2v) is 6.01. The molecule has 2 fully saturated rings. The quantitative estimate of drug-likeness (QED) is 0.737. The molecule has 0 aromatic heterocycles. The third-order valence-electron chi connectivity index (χ3n) is 4.43. The van der Waals surface area contributed by atoms with Gasteiger partial charge in [0.15, 0.2) is 0 Å². The summed E-state index contributed by atoms with van der Waals surface area (Å²) in [5.41, 5.74) is 1.98. The maximum Gasteiger partial charge on any atom is 0.344 e. The summed E-state index contributed by atoms with van der Waals surface area (Å²) in [6.07, 6.45) is 4.04. The molecule has 1 heterocycles. The van der Waals surface area contributed by atoms with Crippen LogP contribution in [0, 0.1) is 0 Å². The van der Waals surface area contributed by atoms with Crippen molar-refractivity contribution < 1.29 is 19.1 Å². The summed E-state index contributed by atoms with van der Waals surface area (Å²) in [6.45, 7) is 0. The highest BCUT2D eigenvalue weighted by Gasteiger charge is 2.52. The van der Waals surface area contributed by atoms with Gasteiger partial charge in [-0.2, -0.15) is 5.01 Å². The Hall–Kier alpha value is -2.77. The molecule has 8 nitrogen and oxygen atoms in total. The average Bonchev–Trinajstić information content (AvgIpc) is 2.80. The number of anilines is 1. The zero-order valence-corrected chi connectivity index (χ0v) is 13.4. The highest BCUT2D eigenvalue weighted by atomic mass is 16.5. The molecule has 24 heavy (non-hydrogen) atoms. The minimum atomic E-state index is -0.858. The number of benzene rings is 1. The van der Waals surface area contributed by atoms with E-state index in [0.717, 1.165) is 24.3 Å². The van der Waals surface area contributed by atoms with E-state index in [2.05, 4.69) is 16.1 Å². The lowest BCUT2D eigenvalue weighted by Crippen LogP contribution is -2.51. The molecule has 1 spiro atoms. The SMILES string of the molecule is COc1ccc(NC(=O)NN2C(=O)NC3(CCCCC3)C2=O)cc1. The van der Waals surface area contributed by atoms with Crippen molar-refractivity contribution in [2.75, 3.05) is 12.4 Å². The van der Waals surface area contributed by atoms with Crippen molar-refractivity contribution in [1.82, 2.24) is 15.8 Å². The van der Waals surface area contributed by atoms with Crippen LogP contribution in [0.3, 0.4) is 0 Å². The molecule has 1 saturated carbocycles. The summed E-state index contributed by atoms with van der Waals surface area (Å²) < 4.78 is 5.04. The van der Waals surface area contributed by atoms with Gasteiger partial charge in [0.25, 0.3) is 5.91 Å². The van der Waals surface area contributed by atoms with Crippen LogP contribution >= 0.6 is 0 Å². The van der Waals surface area contributed by atoms with Gasteiger partial charge in [-0.15, -0.1) is 0 Å². The molecule has 0 radical (unpaired) electrons. The van der Waals surface area contributed by atoms with Crippen molar-refractivity contribution >= 4 is 23.7 Å². The molecule has 1 aromatic rings. The molecule has 3 N–H and O–H groups in total. The third kappa shape index (κ3) is 2.99. The van der Waals surface area contributed by atoms with Crippen molar-refractivity contribution in [3.63, 3.8) is 0 Å². The predicted molar refractivity (Wildman–Crippen MR) is 86.3 cm³/mol. The largest absolute Gasteiger partial charge is 0.497 e. The van der Waals surface area contributed by atoms with Crippen LogP contribution in [0.5, 0.6) is 5.75 Å². The first-order valence-corrected chi connectivity index (χ1v) is 7.92. The molecule has 1 aliphatic carbocycles. The van der Waals surface area contributed by atoms with Crippen LogP contribution in [0.15, 0.2) is 24.3 Å². The number of rotatable bonds is 3. The van der Waals surface area contributed by atoms with Crippen LogP contribution in [0.4, 0.5) is 15.3 Å². The van der Waals surface area contributed by atoms with Crippen LogP contribution < -0.4 is 20.8 Å². The highest BCUT2D eigenvalue weighted by molar-refractivity contribution is 6.08. The van der Waals surface area contributed by atoms with Gasteiger partial charge in [0.1, 0.15) is 11.3 Å². The number of hydrogen-bond acceptors (Lipinski definition) is 4. The van der Waals surface area contributed by atoms with Crippen molar-refractivity contribution in [3.8, 4) is 5.75 Å². The number of amides is 5. The number of nitrogens with zero attached hydrogens (tertiary/aromatic N) is 1. The van der Waals surface area contributed by atoms with Gasteiger partial charge >= 0.3 is 12.1 Å². The maximum atomic E-state index is 12.5. The normalized spacial score (nSPS) is 19.1. The number of hydrazine groups is 1. The number of urea groups is 2. The molecule has 1 aliphatic heterocycles. The molecule has 2 aliphatic rings. The smallest absolute Gasteiger partial charge is 0.344 e. The lowest BCUT2D eigenvalue weighted by molar-refractivity contribution is -0.133. The van der Waals surface area contributed by atoms with Gasteiger partial charge in [0, 0.05) is 5.69 Å². The number of nitrogens with one attached hydrogen (secondary N) is 3. The minimum absolute atomic E-state index is 0.392. The summed E-state index contributed by atoms with van der Waals surface area (Å²) >= 11 is 0. The first-order valence-electron chi connectivity index (χ1n) is 7.92. The zero-order valence-electron chi connectivity index (χ0n) is 13.4. The molecule has 1 aromatic carbocycles. The maximum absolute atomic E-state index is 12.5. The first-order chi connectivity index (χ1) is 11.5. The Morgan fingerprint density at radius 3 is 2.46 bits per heavy atom. The number of imide groups is 1. The van der Waals surface area contributed by atoms with Crippen LogP contribution in [0.1, 0.15) is 32.1 Å². The number of methoxy groups -OCH3 is 1. The number of hydrogen-bond donors (Lipinski definition) is 3. The van der Waals surface area contributed by atoms with Gasteiger partial charge in [0.05, 0.1) is 7.11 Å². The fourth-order valence-corrected chi connectivity index (χ4v) is 3.15. The summed E-state index contributed by atoms with van der Waals surface area (Å²) in [4.78, 5) is 36.7. The third-order valence-corrected chi connectivity index (χ3v) is 4.43. The standard InChI is InChI=1S/C16H20N4O4/c1-24-12-7-5-11(6-8-12)17-14(22)19-20-13(21)16(18-15(20)23)9-3-2-4-10-16/h5-8H,2-4,9-10H2,1H3,(H,18,23)(H2,17,19,22). The van der Waals surface area contributed by atoms with Gasteiger partial charge in [-0.05, 0) is 37.1 Å². The van der Waals surface area contributed by atoms with E-state index in [-0.39, 0.29) is 0 Å². The van der Waals surface area contributed by atoms with Gasteiger partial charge in [-0.3, -0.25) is 4.79 Å². The van der Waals surface area contributed by atoms with Crippen LogP contribution in [-0.2, 0) is 4.79 Å². The predicted octanol–water partition coefficient (Wildman–Crippen LogP) is 1.99. The Labute approximate surface area is 139 Å². The van der Waals surface area contributed by atoms with Crippen LogP contribution in [-0.4, -0.2) is 35.6 Å². The molecule has 5 amide bonds. The van der Waals surface area contributed by atoms with E-state index in [1.165, 1.54) is 0 Å². The van der Waals surface area contributed by atoms with Crippen molar-refractivity contribution in [1.29, 1.82) is 0 Å². The summed E-state index contributed by atoms with van der Waals surface area (Å²) in [5, 5.41) is 6.07. The molecule has 3 rings (SSSR count). The second-order valence-electron chi connectivity index (χ2n) is 6.01. The zero-order chi connectivity index (χ0) is 17.2. The average molecular weight is 332 g/mol. The molecule has 0 bridgehead atoms. The van der Waals surface area contributed by atoms with E-state index in [1.54, 1.807) is 31.4 Å². The van der Waals surface area contributed by atoms with Gasteiger partial charge in [0.2, 0.25) is 0 Å². The molecular formula is C16H20N4O4. The summed E-state index contributed by atoms with van der Waals surface area (Å²) in [7, 11) is 1.55. The fraction of sp³-hybridized carbons (Fsp3) is 0.438. The van der Waals surface area contributed by atoms with E-state index in [1.807, 2.05) is 0 Å². The molecule has 128 valence electrons. The van der Waals surface area contributed by atoms with E-state index < -0.39 is 23.5 Å². The Balaban J connectivity index is 1.63. The molecular weight excluding hydrogens is 312 g/mol. The van der Waals surface area contributed by atoms with Crippen LogP contribution in [0.2, 0.25) is 0 Å². The topological polar surface area (TPSA) is 99.8 Å². The van der Waals surface area contributed by atoms with Crippen molar-refractivity contribution in [2.45, 2.75) is 37.6 Å². The van der Waals surface area contributed by atoms with Crippen molar-refractivity contribution in [3.05, 3.63) is 24.3 Å². The van der Waals surface area contributed by atoms with Crippen molar-refractivity contribution in [2.24, 2.45) is 0 Å². The van der Waals surface area contributed by atoms with Gasteiger partial charge in [-0.25, -0.2) is 15.0 Å². The highest BCUT2D eigenvalue weighted by Crippen LogP contribution is 2.33. The molecule has 1 saturated heterocycles.